The lowest BCUT2D eigenvalue weighted by Gasteiger charge is -2.12. The van der Waals surface area contributed by atoms with Gasteiger partial charge in [-0.2, -0.15) is 0 Å². The van der Waals surface area contributed by atoms with Gasteiger partial charge in [0.1, 0.15) is 6.61 Å². The van der Waals surface area contributed by atoms with Crippen LogP contribution in [0.5, 0.6) is 11.6 Å². The average Bonchev–Trinajstić information content (AvgIpc) is 3.15. The molecule has 2 heterocycles. The first kappa shape index (κ1) is 21.6. The number of benzene rings is 2. The summed E-state index contributed by atoms with van der Waals surface area (Å²) in [6, 6.07) is 13.8. The second kappa shape index (κ2) is 9.23. The van der Waals surface area contributed by atoms with E-state index in [2.05, 4.69) is 20.5 Å². The molecule has 0 unspecified atom stereocenters. The molecule has 2 aromatic carbocycles. The Morgan fingerprint density at radius 2 is 2.00 bits per heavy atom. The van der Waals surface area contributed by atoms with E-state index in [-0.39, 0.29) is 29.0 Å². The number of halogens is 2. The number of hydrogen-bond donors (Lipinski definition) is 2. The second-order valence-electron chi connectivity index (χ2n) is 7.28. The summed E-state index contributed by atoms with van der Waals surface area (Å²) in [4.78, 5) is 17.1. The van der Waals surface area contributed by atoms with Crippen molar-refractivity contribution < 1.29 is 18.7 Å². The molecule has 0 fully saturated rings. The van der Waals surface area contributed by atoms with Gasteiger partial charge in [-0.15, -0.1) is 5.10 Å². The third-order valence-electron chi connectivity index (χ3n) is 4.51. The molecule has 0 bridgehead atoms. The van der Waals surface area contributed by atoms with Crippen LogP contribution >= 0.6 is 11.6 Å². The number of anilines is 1. The molecular formula is C23H20ClFN4O3. The van der Waals surface area contributed by atoms with E-state index in [0.717, 1.165) is 5.56 Å². The maximum Gasteiger partial charge on any atom is 0.260 e. The smallest absolute Gasteiger partial charge is 0.260 e. The lowest BCUT2D eigenvalue weighted by atomic mass is 10.1. The van der Waals surface area contributed by atoms with Crippen molar-refractivity contribution in [3.8, 4) is 11.6 Å². The van der Waals surface area contributed by atoms with E-state index in [9.17, 15) is 4.79 Å². The fourth-order valence-electron chi connectivity index (χ4n) is 3.04. The molecule has 4 rings (SSSR count). The SMILES string of the molecule is CC(C)Oc1n[nH]c2ncc(NC(=O)c3c(Cl)ccc(OCc4ccccc4)c3F)cc12. The van der Waals surface area contributed by atoms with Gasteiger partial charge in [-0.1, -0.05) is 41.9 Å². The van der Waals surface area contributed by atoms with Gasteiger partial charge in [0, 0.05) is 0 Å². The number of nitrogens with one attached hydrogen (secondary N) is 2. The number of nitrogens with zero attached hydrogens (tertiary/aromatic N) is 2. The summed E-state index contributed by atoms with van der Waals surface area (Å²) >= 11 is 6.13. The number of aromatic nitrogens is 3. The van der Waals surface area contributed by atoms with E-state index < -0.39 is 11.7 Å². The van der Waals surface area contributed by atoms with Gasteiger partial charge in [-0.25, -0.2) is 9.37 Å². The Hall–Kier alpha value is -3.65. The van der Waals surface area contributed by atoms with Crippen molar-refractivity contribution in [1.82, 2.24) is 15.2 Å². The zero-order chi connectivity index (χ0) is 22.7. The predicted molar refractivity (Wildman–Crippen MR) is 120 cm³/mol. The average molecular weight is 455 g/mol. The van der Waals surface area contributed by atoms with E-state index in [0.29, 0.717) is 22.6 Å². The summed E-state index contributed by atoms with van der Waals surface area (Å²) < 4.78 is 26.3. The van der Waals surface area contributed by atoms with Crippen LogP contribution in [0.1, 0.15) is 29.8 Å². The van der Waals surface area contributed by atoms with E-state index in [1.807, 2.05) is 44.2 Å². The molecule has 0 radical (unpaired) electrons. The molecule has 0 aliphatic rings. The molecule has 0 aliphatic carbocycles. The van der Waals surface area contributed by atoms with Crippen LogP contribution < -0.4 is 14.8 Å². The summed E-state index contributed by atoms with van der Waals surface area (Å²) in [6.45, 7) is 3.90. The number of fused-ring (bicyclic) bond motifs is 1. The molecule has 32 heavy (non-hydrogen) atoms. The van der Waals surface area contributed by atoms with E-state index in [1.165, 1.54) is 18.3 Å². The van der Waals surface area contributed by atoms with Gasteiger partial charge >= 0.3 is 0 Å². The topological polar surface area (TPSA) is 89.1 Å². The van der Waals surface area contributed by atoms with Gasteiger partial charge in [0.25, 0.3) is 5.91 Å². The van der Waals surface area contributed by atoms with Gasteiger partial charge in [0.15, 0.2) is 17.2 Å². The summed E-state index contributed by atoms with van der Waals surface area (Å²) in [5, 5.41) is 10.0. The third-order valence-corrected chi connectivity index (χ3v) is 4.82. The lowest BCUT2D eigenvalue weighted by molar-refractivity contribution is 0.102. The number of H-pyrrole nitrogens is 1. The van der Waals surface area contributed by atoms with Crippen molar-refractivity contribution in [3.63, 3.8) is 0 Å². The fraction of sp³-hybridized carbons (Fsp3) is 0.174. The first-order chi connectivity index (χ1) is 15.4. The molecular weight excluding hydrogens is 435 g/mol. The van der Waals surface area contributed by atoms with Crippen LogP contribution in [-0.4, -0.2) is 27.2 Å². The molecule has 4 aromatic rings. The largest absolute Gasteiger partial charge is 0.486 e. The van der Waals surface area contributed by atoms with E-state index in [1.54, 1.807) is 6.07 Å². The molecule has 0 saturated carbocycles. The maximum absolute atomic E-state index is 15.1. The minimum absolute atomic E-state index is 0.0340. The van der Waals surface area contributed by atoms with Gasteiger partial charge in [0.05, 0.1) is 34.0 Å². The van der Waals surface area contributed by atoms with Gasteiger partial charge < -0.3 is 14.8 Å². The minimum atomic E-state index is -0.841. The first-order valence-corrected chi connectivity index (χ1v) is 10.3. The summed E-state index contributed by atoms with van der Waals surface area (Å²) in [5.41, 5.74) is 1.39. The normalized spacial score (nSPS) is 11.0. The summed E-state index contributed by atoms with van der Waals surface area (Å²) in [5.74, 6) is -1.28. The van der Waals surface area contributed by atoms with Gasteiger partial charge in [-0.3, -0.25) is 9.89 Å². The Morgan fingerprint density at radius 3 is 2.75 bits per heavy atom. The number of rotatable bonds is 7. The molecule has 9 heteroatoms. The van der Waals surface area contributed by atoms with Gasteiger partial charge in [0.2, 0.25) is 5.88 Å². The minimum Gasteiger partial charge on any atom is -0.486 e. The summed E-state index contributed by atoms with van der Waals surface area (Å²) in [7, 11) is 0. The van der Waals surface area contributed by atoms with Crippen molar-refractivity contribution in [1.29, 1.82) is 0 Å². The Balaban J connectivity index is 1.56. The fourth-order valence-corrected chi connectivity index (χ4v) is 3.28. The molecule has 0 saturated heterocycles. The Labute approximate surface area is 188 Å². The van der Waals surface area contributed by atoms with Crippen molar-refractivity contribution in [2.45, 2.75) is 26.6 Å². The molecule has 2 aromatic heterocycles. The monoisotopic (exact) mass is 454 g/mol. The summed E-state index contributed by atoms with van der Waals surface area (Å²) in [6.07, 6.45) is 1.34. The molecule has 7 nitrogen and oxygen atoms in total. The van der Waals surface area contributed by atoms with Crippen molar-refractivity contribution in [2.75, 3.05) is 5.32 Å². The van der Waals surface area contributed by atoms with Crippen LogP contribution in [0.3, 0.4) is 0 Å². The highest BCUT2D eigenvalue weighted by atomic mass is 35.5. The van der Waals surface area contributed by atoms with Crippen LogP contribution in [0.4, 0.5) is 10.1 Å². The quantitative estimate of drug-likeness (QED) is 0.392. The maximum atomic E-state index is 15.1. The molecule has 1 amide bonds. The number of carbonyl (C=O) groups is 1. The van der Waals surface area contributed by atoms with Crippen LogP contribution in [0.25, 0.3) is 11.0 Å². The lowest BCUT2D eigenvalue weighted by Crippen LogP contribution is -2.15. The predicted octanol–water partition coefficient (Wildman–Crippen LogP) is 5.37. The van der Waals surface area contributed by atoms with E-state index >= 15 is 4.39 Å². The Bertz CT molecular complexity index is 1260. The Morgan fingerprint density at radius 1 is 1.22 bits per heavy atom. The molecule has 0 aliphatic heterocycles. The molecule has 2 N–H and O–H groups in total. The number of aromatic amines is 1. The molecule has 164 valence electrons. The van der Waals surface area contributed by atoms with Crippen LogP contribution in [0, 0.1) is 5.82 Å². The number of pyridine rings is 1. The number of hydrogen-bond acceptors (Lipinski definition) is 5. The highest BCUT2D eigenvalue weighted by molar-refractivity contribution is 6.34. The standard InChI is InChI=1S/C23H20ClFN4O3/c1-13(2)32-23-16-10-15(11-26-21(16)28-29-23)27-22(30)19-17(24)8-9-18(20(19)25)31-12-14-6-4-3-5-7-14/h3-11,13H,12H2,1-2H3,(H,27,30)(H,26,28,29). The van der Waals surface area contributed by atoms with Crippen molar-refractivity contribution in [3.05, 3.63) is 76.7 Å². The number of ether oxygens (including phenoxy) is 2. The van der Waals surface area contributed by atoms with Crippen molar-refractivity contribution >= 4 is 34.2 Å². The van der Waals surface area contributed by atoms with Crippen LogP contribution in [0.15, 0.2) is 54.7 Å². The highest BCUT2D eigenvalue weighted by Crippen LogP contribution is 2.30. The number of carbonyl (C=O) groups excluding carboxylic acids is 1. The van der Waals surface area contributed by atoms with Crippen LogP contribution in [-0.2, 0) is 6.61 Å². The highest BCUT2D eigenvalue weighted by Gasteiger charge is 2.21. The zero-order valence-electron chi connectivity index (χ0n) is 17.4. The van der Waals surface area contributed by atoms with Crippen LogP contribution in [0.2, 0.25) is 5.02 Å². The molecule has 0 spiro atoms. The zero-order valence-corrected chi connectivity index (χ0v) is 18.1. The third kappa shape index (κ3) is 4.65. The van der Waals surface area contributed by atoms with Crippen molar-refractivity contribution in [2.24, 2.45) is 0 Å². The van der Waals surface area contributed by atoms with E-state index in [4.69, 9.17) is 21.1 Å². The number of amides is 1. The Kier molecular flexibility index (Phi) is 6.23. The molecule has 0 atom stereocenters. The second-order valence-corrected chi connectivity index (χ2v) is 7.69. The van der Waals surface area contributed by atoms with Gasteiger partial charge in [-0.05, 0) is 37.6 Å². The first-order valence-electron chi connectivity index (χ1n) is 9.89.